The smallest absolute Gasteiger partial charge is 0.252 e. The van der Waals surface area contributed by atoms with Crippen molar-refractivity contribution in [1.82, 2.24) is 10.6 Å². The summed E-state index contributed by atoms with van der Waals surface area (Å²) in [5.74, 6) is -0.353. The van der Waals surface area contributed by atoms with Crippen molar-refractivity contribution in [2.24, 2.45) is 0 Å². The fourth-order valence-electron chi connectivity index (χ4n) is 2.80. The Bertz CT molecular complexity index is 540. The molecule has 2 N–H and O–H groups in total. The van der Waals surface area contributed by atoms with E-state index in [0.717, 1.165) is 25.7 Å². The molecule has 1 saturated carbocycles. The van der Waals surface area contributed by atoms with Gasteiger partial charge >= 0.3 is 0 Å². The molecule has 120 valence electrons. The standard InChI is InChI=1S/C18H26N2O2/c1-18(2,3)20-17(22)15-12-8-7-11-14(15)16(21)19-13-9-5-4-6-10-13/h7-8,11-13H,4-6,9-10H2,1-3H3,(H,19,21)(H,20,22). The van der Waals surface area contributed by atoms with Gasteiger partial charge in [0.15, 0.2) is 0 Å². The van der Waals surface area contributed by atoms with Crippen LogP contribution in [0.15, 0.2) is 24.3 Å². The highest BCUT2D eigenvalue weighted by Gasteiger charge is 2.22. The molecule has 0 aromatic heterocycles. The molecular weight excluding hydrogens is 276 g/mol. The molecule has 1 aliphatic carbocycles. The van der Waals surface area contributed by atoms with Gasteiger partial charge in [0.2, 0.25) is 0 Å². The van der Waals surface area contributed by atoms with E-state index in [4.69, 9.17) is 0 Å². The first-order valence-electron chi connectivity index (χ1n) is 8.09. The molecule has 2 amide bonds. The molecule has 0 bridgehead atoms. The van der Waals surface area contributed by atoms with Crippen LogP contribution in [-0.2, 0) is 0 Å². The quantitative estimate of drug-likeness (QED) is 0.900. The van der Waals surface area contributed by atoms with Crippen molar-refractivity contribution in [1.29, 1.82) is 0 Å². The average Bonchev–Trinajstić information content (AvgIpc) is 2.46. The van der Waals surface area contributed by atoms with Crippen molar-refractivity contribution in [2.75, 3.05) is 0 Å². The lowest BCUT2D eigenvalue weighted by atomic mass is 9.95. The number of benzene rings is 1. The third-order valence-corrected chi connectivity index (χ3v) is 3.85. The average molecular weight is 302 g/mol. The van der Waals surface area contributed by atoms with E-state index in [1.807, 2.05) is 20.8 Å². The van der Waals surface area contributed by atoms with Crippen LogP contribution >= 0.6 is 0 Å². The molecule has 0 radical (unpaired) electrons. The Balaban J connectivity index is 2.13. The number of rotatable bonds is 3. The van der Waals surface area contributed by atoms with Gasteiger partial charge in [0.05, 0.1) is 11.1 Å². The van der Waals surface area contributed by atoms with Crippen molar-refractivity contribution in [3.63, 3.8) is 0 Å². The number of nitrogens with one attached hydrogen (secondary N) is 2. The molecule has 0 saturated heterocycles. The maximum absolute atomic E-state index is 12.5. The van der Waals surface area contributed by atoms with Crippen LogP contribution < -0.4 is 10.6 Å². The van der Waals surface area contributed by atoms with Gasteiger partial charge in [-0.25, -0.2) is 0 Å². The first kappa shape index (κ1) is 16.5. The van der Waals surface area contributed by atoms with E-state index in [-0.39, 0.29) is 23.4 Å². The van der Waals surface area contributed by atoms with Crippen molar-refractivity contribution in [2.45, 2.75) is 64.5 Å². The molecule has 22 heavy (non-hydrogen) atoms. The minimum absolute atomic E-state index is 0.147. The second-order valence-corrected chi connectivity index (χ2v) is 7.06. The first-order valence-corrected chi connectivity index (χ1v) is 8.09. The Kier molecular flexibility index (Phi) is 5.22. The summed E-state index contributed by atoms with van der Waals surface area (Å²) < 4.78 is 0. The van der Waals surface area contributed by atoms with Crippen LogP contribution in [0.5, 0.6) is 0 Å². The van der Waals surface area contributed by atoms with Crippen LogP contribution in [0.25, 0.3) is 0 Å². The van der Waals surface area contributed by atoms with E-state index >= 15 is 0 Å². The molecule has 0 spiro atoms. The Labute approximate surface area is 132 Å². The maximum atomic E-state index is 12.5. The zero-order valence-electron chi connectivity index (χ0n) is 13.7. The summed E-state index contributed by atoms with van der Waals surface area (Å²) in [5, 5.41) is 5.99. The van der Waals surface area contributed by atoms with Gasteiger partial charge in [0, 0.05) is 11.6 Å². The van der Waals surface area contributed by atoms with Crippen LogP contribution in [0.2, 0.25) is 0 Å². The van der Waals surface area contributed by atoms with Gasteiger partial charge in [-0.3, -0.25) is 9.59 Å². The lowest BCUT2D eigenvalue weighted by Gasteiger charge is -2.24. The summed E-state index contributed by atoms with van der Waals surface area (Å²) in [4.78, 5) is 24.9. The van der Waals surface area contributed by atoms with Crippen LogP contribution in [-0.4, -0.2) is 23.4 Å². The molecule has 0 atom stereocenters. The lowest BCUT2D eigenvalue weighted by Crippen LogP contribution is -2.42. The second kappa shape index (κ2) is 6.95. The minimum Gasteiger partial charge on any atom is -0.349 e. The molecular formula is C18H26N2O2. The third kappa shape index (κ3) is 4.58. The zero-order chi connectivity index (χ0) is 16.2. The highest BCUT2D eigenvalue weighted by molar-refractivity contribution is 6.07. The molecule has 1 aromatic carbocycles. The maximum Gasteiger partial charge on any atom is 0.252 e. The minimum atomic E-state index is -0.329. The van der Waals surface area contributed by atoms with E-state index in [9.17, 15) is 9.59 Å². The summed E-state index contributed by atoms with van der Waals surface area (Å²) in [7, 11) is 0. The van der Waals surface area contributed by atoms with Gasteiger partial charge in [-0.2, -0.15) is 0 Å². The summed E-state index contributed by atoms with van der Waals surface area (Å²) in [6.45, 7) is 5.78. The van der Waals surface area contributed by atoms with Crippen molar-refractivity contribution in [3.8, 4) is 0 Å². The highest BCUT2D eigenvalue weighted by Crippen LogP contribution is 2.18. The van der Waals surface area contributed by atoms with Crippen LogP contribution in [0.3, 0.4) is 0 Å². The molecule has 4 nitrogen and oxygen atoms in total. The van der Waals surface area contributed by atoms with Crippen LogP contribution in [0.1, 0.15) is 73.6 Å². The van der Waals surface area contributed by atoms with Crippen LogP contribution in [0.4, 0.5) is 0 Å². The summed E-state index contributed by atoms with van der Waals surface area (Å²) >= 11 is 0. The van der Waals surface area contributed by atoms with Gasteiger partial charge in [0.1, 0.15) is 0 Å². The van der Waals surface area contributed by atoms with Crippen LogP contribution in [0, 0.1) is 0 Å². The Morgan fingerprint density at radius 2 is 1.50 bits per heavy atom. The van der Waals surface area contributed by atoms with Gasteiger partial charge in [0.25, 0.3) is 11.8 Å². The van der Waals surface area contributed by atoms with Gasteiger partial charge < -0.3 is 10.6 Å². The number of hydrogen-bond donors (Lipinski definition) is 2. The fourth-order valence-corrected chi connectivity index (χ4v) is 2.80. The van der Waals surface area contributed by atoms with E-state index in [1.54, 1.807) is 24.3 Å². The van der Waals surface area contributed by atoms with Crippen molar-refractivity contribution in [3.05, 3.63) is 35.4 Å². The molecule has 0 unspecified atom stereocenters. The molecule has 1 fully saturated rings. The van der Waals surface area contributed by atoms with E-state index in [1.165, 1.54) is 6.42 Å². The van der Waals surface area contributed by atoms with E-state index in [0.29, 0.717) is 11.1 Å². The SMILES string of the molecule is CC(C)(C)NC(=O)c1ccccc1C(=O)NC1CCCCC1. The van der Waals surface area contributed by atoms with E-state index in [2.05, 4.69) is 10.6 Å². The first-order chi connectivity index (χ1) is 10.4. The predicted molar refractivity (Wildman–Crippen MR) is 88.0 cm³/mol. The zero-order valence-corrected chi connectivity index (χ0v) is 13.7. The molecule has 0 heterocycles. The van der Waals surface area contributed by atoms with Gasteiger partial charge in [-0.15, -0.1) is 0 Å². The van der Waals surface area contributed by atoms with Gasteiger partial charge in [-0.1, -0.05) is 31.4 Å². The number of carbonyl (C=O) groups is 2. The number of hydrogen-bond acceptors (Lipinski definition) is 2. The Hall–Kier alpha value is -1.84. The molecule has 2 rings (SSSR count). The number of carbonyl (C=O) groups excluding carboxylic acids is 2. The Morgan fingerprint density at radius 3 is 2.05 bits per heavy atom. The van der Waals surface area contributed by atoms with Crippen molar-refractivity contribution < 1.29 is 9.59 Å². The summed E-state index contributed by atoms with van der Waals surface area (Å²) in [6, 6.07) is 7.24. The summed E-state index contributed by atoms with van der Waals surface area (Å²) in [6.07, 6.45) is 5.63. The topological polar surface area (TPSA) is 58.2 Å². The normalized spacial score (nSPS) is 16.1. The lowest BCUT2D eigenvalue weighted by molar-refractivity contribution is 0.0887. The third-order valence-electron chi connectivity index (χ3n) is 3.85. The molecule has 1 aliphatic rings. The molecule has 0 aliphatic heterocycles. The monoisotopic (exact) mass is 302 g/mol. The Morgan fingerprint density at radius 1 is 0.955 bits per heavy atom. The van der Waals surface area contributed by atoms with E-state index < -0.39 is 0 Å². The molecule has 1 aromatic rings. The molecule has 4 heteroatoms. The summed E-state index contributed by atoms with van der Waals surface area (Å²) in [5.41, 5.74) is 0.560. The van der Waals surface area contributed by atoms with Crippen molar-refractivity contribution >= 4 is 11.8 Å². The van der Waals surface area contributed by atoms with Gasteiger partial charge in [-0.05, 0) is 45.7 Å². The second-order valence-electron chi connectivity index (χ2n) is 7.06. The predicted octanol–water partition coefficient (Wildman–Crippen LogP) is 3.28. The number of amides is 2. The highest BCUT2D eigenvalue weighted by atomic mass is 16.2. The fraction of sp³-hybridized carbons (Fsp3) is 0.556. The largest absolute Gasteiger partial charge is 0.349 e.